The van der Waals surface area contributed by atoms with Crippen LogP contribution in [0.4, 0.5) is 0 Å². The first-order valence-corrected chi connectivity index (χ1v) is 7.09. The Labute approximate surface area is 107 Å². The maximum absolute atomic E-state index is 5.99. The molecule has 0 unspecified atom stereocenters. The van der Waals surface area contributed by atoms with Crippen molar-refractivity contribution in [2.45, 2.75) is 44.1 Å². The van der Waals surface area contributed by atoms with Gasteiger partial charge in [-0.1, -0.05) is 19.3 Å². The first-order valence-electron chi connectivity index (χ1n) is 4.93. The Bertz CT molecular complexity index is 225. The third-order valence-corrected chi connectivity index (χ3v) is 4.47. The molecule has 3 heteroatoms. The summed E-state index contributed by atoms with van der Waals surface area (Å²) in [5.41, 5.74) is 1.77. The first-order chi connectivity index (χ1) is 6.25. The molecule has 0 bridgehead atoms. The van der Waals surface area contributed by atoms with E-state index in [2.05, 4.69) is 45.2 Å². The van der Waals surface area contributed by atoms with Crippen LogP contribution in [-0.4, -0.2) is 12.2 Å². The minimum atomic E-state index is 0.177. The number of hydrogen-bond donors (Lipinski definition) is 0. The average Bonchev–Trinajstić information content (AvgIpc) is 2.50. The van der Waals surface area contributed by atoms with Crippen LogP contribution in [0.5, 0.6) is 0 Å². The number of rotatable bonds is 0. The maximum Gasteiger partial charge on any atom is 0.0910 e. The molecule has 1 aliphatic heterocycles. The molecule has 1 nitrogen and oxygen atoms in total. The van der Waals surface area contributed by atoms with E-state index in [1.807, 2.05) is 0 Å². The molecular formula is C10H14I2O. The van der Waals surface area contributed by atoms with Gasteiger partial charge in [-0.2, -0.15) is 0 Å². The largest absolute Gasteiger partial charge is 0.370 e. The SMILES string of the molecule is IC(I)=C1CCOC12CCCCC2. The van der Waals surface area contributed by atoms with Gasteiger partial charge in [-0.05, 0) is 70.0 Å². The van der Waals surface area contributed by atoms with Crippen LogP contribution in [0.1, 0.15) is 38.5 Å². The molecule has 1 spiro atoms. The van der Waals surface area contributed by atoms with E-state index in [0.29, 0.717) is 0 Å². The van der Waals surface area contributed by atoms with Gasteiger partial charge in [0.05, 0.1) is 13.8 Å². The molecule has 0 N–H and O–H groups in total. The number of hydrogen-bond acceptors (Lipinski definition) is 1. The molecule has 0 aromatic heterocycles. The van der Waals surface area contributed by atoms with E-state index >= 15 is 0 Å². The van der Waals surface area contributed by atoms with E-state index in [0.717, 1.165) is 6.61 Å². The fourth-order valence-corrected chi connectivity index (χ4v) is 4.02. The van der Waals surface area contributed by atoms with Crippen LogP contribution in [0.2, 0.25) is 0 Å². The van der Waals surface area contributed by atoms with Gasteiger partial charge >= 0.3 is 0 Å². The highest BCUT2D eigenvalue weighted by molar-refractivity contribution is 14.2. The van der Waals surface area contributed by atoms with Crippen molar-refractivity contribution in [2.75, 3.05) is 6.61 Å². The summed E-state index contributed by atoms with van der Waals surface area (Å²) < 4.78 is 7.43. The van der Waals surface area contributed by atoms with Gasteiger partial charge in [0.15, 0.2) is 0 Å². The van der Waals surface area contributed by atoms with Crippen molar-refractivity contribution in [3.63, 3.8) is 0 Å². The normalized spacial score (nSPS) is 26.8. The topological polar surface area (TPSA) is 9.23 Å². The lowest BCUT2D eigenvalue weighted by Crippen LogP contribution is -2.32. The molecule has 1 heterocycles. The molecule has 2 rings (SSSR count). The minimum Gasteiger partial charge on any atom is -0.370 e. The highest BCUT2D eigenvalue weighted by Gasteiger charge is 2.41. The Morgan fingerprint density at radius 2 is 1.85 bits per heavy atom. The van der Waals surface area contributed by atoms with Crippen molar-refractivity contribution in [1.29, 1.82) is 0 Å². The summed E-state index contributed by atoms with van der Waals surface area (Å²) in [6.45, 7) is 0.949. The standard InChI is InChI=1S/C10H14I2O/c11-9(12)8-4-7-13-10(8)5-2-1-3-6-10/h1-7H2. The van der Waals surface area contributed by atoms with Gasteiger partial charge in [-0.3, -0.25) is 0 Å². The molecule has 1 saturated heterocycles. The summed E-state index contributed by atoms with van der Waals surface area (Å²) in [7, 11) is 0. The second kappa shape index (κ2) is 4.35. The maximum atomic E-state index is 5.99. The van der Waals surface area contributed by atoms with Crippen LogP contribution < -0.4 is 0 Å². The van der Waals surface area contributed by atoms with E-state index in [-0.39, 0.29) is 5.60 Å². The second-order valence-electron chi connectivity index (χ2n) is 3.89. The van der Waals surface area contributed by atoms with Gasteiger partial charge in [-0.25, -0.2) is 0 Å². The van der Waals surface area contributed by atoms with E-state index in [1.165, 1.54) is 40.1 Å². The average molecular weight is 404 g/mol. The van der Waals surface area contributed by atoms with Crippen molar-refractivity contribution in [2.24, 2.45) is 0 Å². The van der Waals surface area contributed by atoms with Crippen LogP contribution in [0.25, 0.3) is 0 Å². The summed E-state index contributed by atoms with van der Waals surface area (Å²) >= 11 is 4.89. The zero-order chi connectivity index (χ0) is 9.31. The van der Waals surface area contributed by atoms with Gasteiger partial charge in [-0.15, -0.1) is 0 Å². The van der Waals surface area contributed by atoms with E-state index in [9.17, 15) is 0 Å². The second-order valence-corrected chi connectivity index (χ2v) is 8.11. The van der Waals surface area contributed by atoms with Gasteiger partial charge in [0.2, 0.25) is 0 Å². The zero-order valence-electron chi connectivity index (χ0n) is 7.61. The molecule has 74 valence electrons. The predicted octanol–water partition coefficient (Wildman–Crippen LogP) is 4.19. The lowest BCUT2D eigenvalue weighted by atomic mass is 9.80. The lowest BCUT2D eigenvalue weighted by Gasteiger charge is -2.34. The summed E-state index contributed by atoms with van der Waals surface area (Å²) in [6.07, 6.45) is 7.79. The van der Waals surface area contributed by atoms with Crippen LogP contribution in [0.3, 0.4) is 0 Å². The summed E-state index contributed by atoms with van der Waals surface area (Å²) in [6, 6.07) is 0. The molecule has 13 heavy (non-hydrogen) atoms. The molecule has 0 radical (unpaired) electrons. The Morgan fingerprint density at radius 1 is 1.15 bits per heavy atom. The summed E-state index contributed by atoms with van der Waals surface area (Å²) in [5, 5.41) is 0. The molecule has 2 fully saturated rings. The first kappa shape index (κ1) is 10.7. The van der Waals surface area contributed by atoms with Crippen molar-refractivity contribution in [3.8, 4) is 0 Å². The van der Waals surface area contributed by atoms with Gasteiger partial charge in [0.1, 0.15) is 0 Å². The quantitative estimate of drug-likeness (QED) is 0.551. The molecule has 1 aliphatic carbocycles. The zero-order valence-corrected chi connectivity index (χ0v) is 11.9. The number of halogens is 2. The highest BCUT2D eigenvalue weighted by Crippen LogP contribution is 2.46. The summed E-state index contributed by atoms with van der Waals surface area (Å²) in [5.74, 6) is 0. The predicted molar refractivity (Wildman–Crippen MR) is 71.5 cm³/mol. The smallest absolute Gasteiger partial charge is 0.0910 e. The molecule has 0 aromatic rings. The molecule has 0 atom stereocenters. The van der Waals surface area contributed by atoms with E-state index < -0.39 is 0 Å². The highest BCUT2D eigenvalue weighted by atomic mass is 127. The van der Waals surface area contributed by atoms with Gasteiger partial charge in [0.25, 0.3) is 0 Å². The Morgan fingerprint density at radius 3 is 2.46 bits per heavy atom. The monoisotopic (exact) mass is 404 g/mol. The summed E-state index contributed by atoms with van der Waals surface area (Å²) in [4.78, 5) is 0. The third-order valence-electron chi connectivity index (χ3n) is 3.17. The van der Waals surface area contributed by atoms with Crippen LogP contribution in [0, 0.1) is 0 Å². The Balaban J connectivity index is 2.24. The van der Waals surface area contributed by atoms with Crippen LogP contribution in [-0.2, 0) is 4.74 Å². The fourth-order valence-electron chi connectivity index (χ4n) is 2.50. The number of ether oxygens (including phenoxy) is 1. The molecular weight excluding hydrogens is 390 g/mol. The fraction of sp³-hybridized carbons (Fsp3) is 0.800. The molecule has 0 amide bonds. The Kier molecular flexibility index (Phi) is 3.57. The van der Waals surface area contributed by atoms with Gasteiger partial charge < -0.3 is 4.74 Å². The molecule has 0 aromatic carbocycles. The van der Waals surface area contributed by atoms with Crippen molar-refractivity contribution in [3.05, 3.63) is 7.16 Å². The van der Waals surface area contributed by atoms with Crippen molar-refractivity contribution >= 4 is 45.2 Å². The minimum absolute atomic E-state index is 0.177. The van der Waals surface area contributed by atoms with Crippen LogP contribution >= 0.6 is 45.2 Å². The van der Waals surface area contributed by atoms with E-state index in [4.69, 9.17) is 4.74 Å². The third kappa shape index (κ3) is 2.07. The van der Waals surface area contributed by atoms with Gasteiger partial charge in [0, 0.05) is 0 Å². The van der Waals surface area contributed by atoms with Crippen molar-refractivity contribution < 1.29 is 4.74 Å². The molecule has 2 aliphatic rings. The van der Waals surface area contributed by atoms with E-state index in [1.54, 1.807) is 5.57 Å². The molecule has 1 saturated carbocycles. The lowest BCUT2D eigenvalue weighted by molar-refractivity contribution is -0.00383. The van der Waals surface area contributed by atoms with Crippen molar-refractivity contribution in [1.82, 2.24) is 0 Å². The Hall–Kier alpha value is 1.16. The van der Waals surface area contributed by atoms with Crippen LogP contribution in [0.15, 0.2) is 7.16 Å².